The Morgan fingerprint density at radius 2 is 2.33 bits per heavy atom. The Morgan fingerprint density at radius 3 is 2.83 bits per heavy atom. The van der Waals surface area contributed by atoms with Gasteiger partial charge in [-0.2, -0.15) is 0 Å². The van der Waals surface area contributed by atoms with E-state index in [1.54, 1.807) is 0 Å². The maximum Gasteiger partial charge on any atom is 0.323 e. The molecule has 12 heavy (non-hydrogen) atoms. The Hall–Kier alpha value is -0.280. The van der Waals surface area contributed by atoms with E-state index in [1.807, 2.05) is 6.92 Å². The second kappa shape index (κ2) is 3.62. The van der Waals surface area contributed by atoms with E-state index in [1.165, 1.54) is 6.42 Å². The first kappa shape index (κ1) is 9.81. The molecule has 1 heterocycles. The van der Waals surface area contributed by atoms with E-state index in [-0.39, 0.29) is 24.4 Å². The molecule has 3 nitrogen and oxygen atoms in total. The molecule has 0 spiro atoms. The molecular weight excluding hydrogens is 178 g/mol. The number of hydrogen-bond donors (Lipinski definition) is 1. The Morgan fingerprint density at radius 1 is 1.58 bits per heavy atom. The van der Waals surface area contributed by atoms with Gasteiger partial charge in [0.1, 0.15) is 6.04 Å². The van der Waals surface area contributed by atoms with Crippen LogP contribution in [0.5, 0.6) is 0 Å². The first-order valence-electron chi connectivity index (χ1n) is 4.24. The van der Waals surface area contributed by atoms with Crippen molar-refractivity contribution in [3.63, 3.8) is 0 Å². The van der Waals surface area contributed by atoms with Crippen LogP contribution in [0, 0.1) is 5.92 Å². The molecule has 1 aliphatic carbocycles. The van der Waals surface area contributed by atoms with Gasteiger partial charge in [-0.1, -0.05) is 0 Å². The standard InChI is InChI=1S/C8H13NO2.ClH/c1-2-11-8(10)7-4-5-3-6(5)9-7;/h5-7,9H,2-4H2,1H3;1H/t5-,6-,7-;/m1./s1. The fourth-order valence-electron chi connectivity index (χ4n) is 1.75. The summed E-state index contributed by atoms with van der Waals surface area (Å²) in [6.07, 6.45) is 2.25. The highest BCUT2D eigenvalue weighted by Gasteiger charge is 2.48. The summed E-state index contributed by atoms with van der Waals surface area (Å²) in [6.45, 7) is 2.33. The quantitative estimate of drug-likeness (QED) is 0.654. The monoisotopic (exact) mass is 191 g/mol. The van der Waals surface area contributed by atoms with Gasteiger partial charge in [0, 0.05) is 6.04 Å². The fourth-order valence-corrected chi connectivity index (χ4v) is 1.75. The third kappa shape index (κ3) is 1.72. The molecule has 0 aromatic rings. The van der Waals surface area contributed by atoms with Crippen LogP contribution < -0.4 is 5.32 Å². The normalized spacial score (nSPS) is 36.6. The second-order valence-corrected chi connectivity index (χ2v) is 3.31. The largest absolute Gasteiger partial charge is 0.465 e. The van der Waals surface area contributed by atoms with Crippen molar-refractivity contribution < 1.29 is 9.53 Å². The first-order valence-corrected chi connectivity index (χ1v) is 4.24. The van der Waals surface area contributed by atoms with E-state index in [0.29, 0.717) is 12.6 Å². The van der Waals surface area contributed by atoms with E-state index < -0.39 is 0 Å². The Bertz CT molecular complexity index is 176. The molecule has 1 N–H and O–H groups in total. The van der Waals surface area contributed by atoms with Crippen LogP contribution in [0.1, 0.15) is 19.8 Å². The van der Waals surface area contributed by atoms with E-state index in [0.717, 1.165) is 12.3 Å². The number of esters is 1. The molecule has 70 valence electrons. The molecule has 2 fully saturated rings. The van der Waals surface area contributed by atoms with E-state index in [2.05, 4.69) is 5.32 Å². The van der Waals surface area contributed by atoms with Gasteiger partial charge in [0.15, 0.2) is 0 Å². The minimum Gasteiger partial charge on any atom is -0.465 e. The summed E-state index contributed by atoms with van der Waals surface area (Å²) in [5.41, 5.74) is 0. The number of piperidine rings is 1. The summed E-state index contributed by atoms with van der Waals surface area (Å²) >= 11 is 0. The lowest BCUT2D eigenvalue weighted by atomic mass is 10.2. The summed E-state index contributed by atoms with van der Waals surface area (Å²) in [6, 6.07) is 0.628. The third-order valence-electron chi connectivity index (χ3n) is 2.45. The van der Waals surface area contributed by atoms with Gasteiger partial charge in [0.25, 0.3) is 0 Å². The van der Waals surface area contributed by atoms with Crippen molar-refractivity contribution in [2.45, 2.75) is 31.8 Å². The molecular formula is C8H14ClNO2. The summed E-state index contributed by atoms with van der Waals surface area (Å²) < 4.78 is 4.89. The average Bonchev–Trinajstić information content (AvgIpc) is 2.59. The highest BCUT2D eigenvalue weighted by atomic mass is 35.5. The van der Waals surface area contributed by atoms with Crippen molar-refractivity contribution in [2.75, 3.05) is 6.61 Å². The maximum absolute atomic E-state index is 11.1. The topological polar surface area (TPSA) is 38.3 Å². The number of halogens is 1. The SMILES string of the molecule is CCOC(=O)[C@H]1C[C@H]2C[C@H]2N1.Cl. The van der Waals surface area contributed by atoms with Crippen LogP contribution in [0.15, 0.2) is 0 Å². The molecule has 1 saturated carbocycles. The Labute approximate surface area is 78.3 Å². The minimum absolute atomic E-state index is 0. The highest BCUT2D eigenvalue weighted by Crippen LogP contribution is 2.40. The number of carbonyl (C=O) groups excluding carboxylic acids is 1. The molecule has 3 atom stereocenters. The summed E-state index contributed by atoms with van der Waals surface area (Å²) in [4.78, 5) is 11.1. The van der Waals surface area contributed by atoms with Gasteiger partial charge in [-0.15, -0.1) is 12.4 Å². The van der Waals surface area contributed by atoms with Crippen molar-refractivity contribution >= 4 is 18.4 Å². The molecule has 0 bridgehead atoms. The Kier molecular flexibility index (Phi) is 2.96. The smallest absolute Gasteiger partial charge is 0.323 e. The van der Waals surface area contributed by atoms with Crippen LogP contribution in [-0.2, 0) is 9.53 Å². The Balaban J connectivity index is 0.000000720. The van der Waals surface area contributed by atoms with Crippen molar-refractivity contribution in [2.24, 2.45) is 5.92 Å². The zero-order chi connectivity index (χ0) is 7.84. The molecule has 4 heteroatoms. The minimum atomic E-state index is -0.0697. The molecule has 2 aliphatic rings. The first-order chi connectivity index (χ1) is 5.31. The predicted molar refractivity (Wildman–Crippen MR) is 47.3 cm³/mol. The number of carbonyl (C=O) groups is 1. The van der Waals surface area contributed by atoms with Crippen LogP contribution in [0.4, 0.5) is 0 Å². The number of rotatable bonds is 2. The summed E-state index contributed by atoms with van der Waals surface area (Å²) in [5, 5.41) is 3.24. The van der Waals surface area contributed by atoms with Crippen molar-refractivity contribution in [1.29, 1.82) is 0 Å². The third-order valence-corrected chi connectivity index (χ3v) is 2.45. The van der Waals surface area contributed by atoms with Crippen LogP contribution in [-0.4, -0.2) is 24.7 Å². The van der Waals surface area contributed by atoms with Gasteiger partial charge in [0.05, 0.1) is 6.61 Å². The van der Waals surface area contributed by atoms with Crippen LogP contribution in [0.2, 0.25) is 0 Å². The molecule has 2 rings (SSSR count). The lowest BCUT2D eigenvalue weighted by Gasteiger charge is -2.10. The van der Waals surface area contributed by atoms with E-state index >= 15 is 0 Å². The summed E-state index contributed by atoms with van der Waals surface area (Å²) in [7, 11) is 0. The fraction of sp³-hybridized carbons (Fsp3) is 0.875. The molecule has 0 amide bonds. The van der Waals surface area contributed by atoms with E-state index in [4.69, 9.17) is 4.74 Å². The predicted octanol–water partition coefficient (Wildman–Crippen LogP) is 0.722. The van der Waals surface area contributed by atoms with E-state index in [9.17, 15) is 4.79 Å². The van der Waals surface area contributed by atoms with Crippen molar-refractivity contribution in [1.82, 2.24) is 5.32 Å². The number of nitrogens with one attached hydrogen (secondary N) is 1. The maximum atomic E-state index is 11.1. The van der Waals surface area contributed by atoms with Crippen molar-refractivity contribution in [3.8, 4) is 0 Å². The number of fused-ring (bicyclic) bond motifs is 1. The van der Waals surface area contributed by atoms with Gasteiger partial charge in [-0.25, -0.2) is 0 Å². The van der Waals surface area contributed by atoms with Crippen LogP contribution >= 0.6 is 12.4 Å². The van der Waals surface area contributed by atoms with Crippen molar-refractivity contribution in [3.05, 3.63) is 0 Å². The molecule has 0 unspecified atom stereocenters. The lowest BCUT2D eigenvalue weighted by molar-refractivity contribution is -0.145. The van der Waals surface area contributed by atoms with Gasteiger partial charge >= 0.3 is 5.97 Å². The van der Waals surface area contributed by atoms with Crippen LogP contribution in [0.3, 0.4) is 0 Å². The number of hydrogen-bond acceptors (Lipinski definition) is 3. The lowest BCUT2D eigenvalue weighted by Crippen LogP contribution is -2.35. The molecule has 0 aromatic heterocycles. The highest BCUT2D eigenvalue weighted by molar-refractivity contribution is 5.85. The second-order valence-electron chi connectivity index (χ2n) is 3.31. The zero-order valence-corrected chi connectivity index (χ0v) is 7.89. The van der Waals surface area contributed by atoms with Gasteiger partial charge in [-0.3, -0.25) is 4.79 Å². The molecule has 0 aromatic carbocycles. The summed E-state index contributed by atoms with van der Waals surface area (Å²) in [5.74, 6) is 0.698. The van der Waals surface area contributed by atoms with Crippen LogP contribution in [0.25, 0.3) is 0 Å². The molecule has 1 saturated heterocycles. The van der Waals surface area contributed by atoms with Gasteiger partial charge < -0.3 is 10.1 Å². The average molecular weight is 192 g/mol. The van der Waals surface area contributed by atoms with Gasteiger partial charge in [0.2, 0.25) is 0 Å². The number of ether oxygens (including phenoxy) is 1. The molecule has 0 radical (unpaired) electrons. The zero-order valence-electron chi connectivity index (χ0n) is 7.08. The molecule has 1 aliphatic heterocycles. The van der Waals surface area contributed by atoms with Gasteiger partial charge in [-0.05, 0) is 25.7 Å².